The maximum absolute atomic E-state index is 14.5. The van der Waals surface area contributed by atoms with Crippen LogP contribution in [-0.2, 0) is 20.7 Å². The summed E-state index contributed by atoms with van der Waals surface area (Å²) in [6.45, 7) is 7.61. The second-order valence-corrected chi connectivity index (χ2v) is 12.1. The van der Waals surface area contributed by atoms with Gasteiger partial charge in [-0.05, 0) is 75.4 Å². The Kier molecular flexibility index (Phi) is 12.1. The van der Waals surface area contributed by atoms with E-state index in [1.807, 2.05) is 0 Å². The van der Waals surface area contributed by atoms with Crippen LogP contribution in [0.1, 0.15) is 96.2 Å². The average molecular weight is 582 g/mol. The Morgan fingerprint density at radius 1 is 0.929 bits per heavy atom. The first-order valence-electron chi connectivity index (χ1n) is 15.1. The van der Waals surface area contributed by atoms with Gasteiger partial charge in [0.1, 0.15) is 29.2 Å². The van der Waals surface area contributed by atoms with E-state index in [-0.39, 0.29) is 29.9 Å². The molecule has 1 saturated carbocycles. The van der Waals surface area contributed by atoms with Gasteiger partial charge in [-0.2, -0.15) is 0 Å². The van der Waals surface area contributed by atoms with Gasteiger partial charge in [0.25, 0.3) is 0 Å². The molecule has 4 N–H and O–H groups in total. The lowest BCUT2D eigenvalue weighted by atomic mass is 9.94. The topological polar surface area (TPSA) is 128 Å². The summed E-state index contributed by atoms with van der Waals surface area (Å²) >= 11 is 0. The van der Waals surface area contributed by atoms with Crippen LogP contribution in [0.15, 0.2) is 48.5 Å². The minimum atomic E-state index is -1.03. The number of phenolic OH excluding ortho intramolecular Hbond substituents is 2. The average Bonchev–Trinajstić information content (AvgIpc) is 2.93. The molecule has 3 rings (SSSR count). The molecule has 3 amide bonds. The van der Waals surface area contributed by atoms with E-state index >= 15 is 0 Å². The van der Waals surface area contributed by atoms with E-state index in [9.17, 15) is 24.6 Å². The van der Waals surface area contributed by atoms with E-state index in [1.165, 1.54) is 24.3 Å². The van der Waals surface area contributed by atoms with Gasteiger partial charge >= 0.3 is 6.09 Å². The molecule has 1 aliphatic carbocycles. The van der Waals surface area contributed by atoms with Crippen LogP contribution in [0.5, 0.6) is 11.5 Å². The largest absolute Gasteiger partial charge is 0.508 e. The van der Waals surface area contributed by atoms with Crippen molar-refractivity contribution in [3.8, 4) is 11.5 Å². The smallest absolute Gasteiger partial charge is 0.408 e. The van der Waals surface area contributed by atoms with Gasteiger partial charge in [0.05, 0.1) is 0 Å². The monoisotopic (exact) mass is 581 g/mol. The molecule has 1 aliphatic rings. The van der Waals surface area contributed by atoms with Gasteiger partial charge in [-0.25, -0.2) is 4.79 Å². The lowest BCUT2D eigenvalue weighted by molar-refractivity contribution is -0.143. The number of carbonyl (C=O) groups excluding carboxylic acids is 3. The van der Waals surface area contributed by atoms with E-state index in [2.05, 4.69) is 17.6 Å². The molecule has 2 aromatic rings. The van der Waals surface area contributed by atoms with E-state index in [4.69, 9.17) is 4.74 Å². The van der Waals surface area contributed by atoms with Crippen LogP contribution in [0.25, 0.3) is 0 Å². The van der Waals surface area contributed by atoms with Crippen molar-refractivity contribution in [1.29, 1.82) is 0 Å². The number of ether oxygens (including phenoxy) is 1. The number of aromatic hydroxyl groups is 2. The van der Waals surface area contributed by atoms with E-state index < -0.39 is 29.7 Å². The fourth-order valence-electron chi connectivity index (χ4n) is 5.27. The summed E-state index contributed by atoms with van der Waals surface area (Å²) in [6.07, 6.45) is 6.87. The summed E-state index contributed by atoms with van der Waals surface area (Å²) in [4.78, 5) is 42.9. The Morgan fingerprint density at radius 3 is 2.10 bits per heavy atom. The van der Waals surface area contributed by atoms with Gasteiger partial charge in [0.2, 0.25) is 11.8 Å². The van der Waals surface area contributed by atoms with Crippen LogP contribution >= 0.6 is 0 Å². The van der Waals surface area contributed by atoms with Crippen molar-refractivity contribution in [2.45, 2.75) is 109 Å². The molecule has 2 unspecified atom stereocenters. The van der Waals surface area contributed by atoms with Crippen molar-refractivity contribution in [2.75, 3.05) is 6.54 Å². The van der Waals surface area contributed by atoms with Gasteiger partial charge in [-0.3, -0.25) is 9.59 Å². The third kappa shape index (κ3) is 10.3. The predicted molar refractivity (Wildman–Crippen MR) is 162 cm³/mol. The zero-order valence-electron chi connectivity index (χ0n) is 25.4. The molecule has 0 radical (unpaired) electrons. The number of unbranched alkanes of at least 4 members (excludes halogenated alkanes) is 2. The number of hydrogen-bond donors (Lipinski definition) is 4. The highest BCUT2D eigenvalue weighted by atomic mass is 16.6. The fraction of sp³-hybridized carbons (Fsp3) is 0.545. The zero-order chi connectivity index (χ0) is 30.7. The second kappa shape index (κ2) is 15.5. The highest BCUT2D eigenvalue weighted by Gasteiger charge is 2.37. The Labute approximate surface area is 249 Å². The quantitative estimate of drug-likeness (QED) is 0.237. The zero-order valence-corrected chi connectivity index (χ0v) is 25.4. The maximum Gasteiger partial charge on any atom is 0.408 e. The first-order valence-corrected chi connectivity index (χ1v) is 15.1. The van der Waals surface area contributed by atoms with Gasteiger partial charge in [0.15, 0.2) is 0 Å². The highest BCUT2D eigenvalue weighted by molar-refractivity contribution is 5.92. The van der Waals surface area contributed by atoms with Crippen molar-refractivity contribution in [1.82, 2.24) is 15.5 Å². The molecular weight excluding hydrogens is 534 g/mol. The number of rotatable bonds is 12. The summed E-state index contributed by atoms with van der Waals surface area (Å²) in [6, 6.07) is 10.8. The number of hydrogen-bond acceptors (Lipinski definition) is 6. The predicted octanol–water partition coefficient (Wildman–Crippen LogP) is 5.74. The van der Waals surface area contributed by atoms with E-state index in [0.29, 0.717) is 18.5 Å². The molecule has 0 spiro atoms. The van der Waals surface area contributed by atoms with Crippen molar-refractivity contribution < 1.29 is 29.3 Å². The highest BCUT2D eigenvalue weighted by Crippen LogP contribution is 2.27. The molecule has 0 saturated heterocycles. The Hall–Kier alpha value is -3.75. The lowest BCUT2D eigenvalue weighted by Crippen LogP contribution is -2.54. The summed E-state index contributed by atoms with van der Waals surface area (Å²) in [7, 11) is 0. The van der Waals surface area contributed by atoms with Crippen LogP contribution in [0.3, 0.4) is 0 Å². The van der Waals surface area contributed by atoms with Crippen molar-refractivity contribution in [3.63, 3.8) is 0 Å². The second-order valence-electron chi connectivity index (χ2n) is 12.1. The molecule has 9 heteroatoms. The van der Waals surface area contributed by atoms with Crippen LogP contribution in [0, 0.1) is 0 Å². The number of phenols is 2. The maximum atomic E-state index is 14.5. The minimum absolute atomic E-state index is 0.0335. The minimum Gasteiger partial charge on any atom is -0.508 e. The van der Waals surface area contributed by atoms with Crippen molar-refractivity contribution in [2.24, 2.45) is 0 Å². The van der Waals surface area contributed by atoms with Gasteiger partial charge < -0.3 is 30.5 Å². The summed E-state index contributed by atoms with van der Waals surface area (Å²) in [5.41, 5.74) is 0.529. The van der Waals surface area contributed by atoms with Crippen LogP contribution in [-0.4, -0.2) is 57.3 Å². The van der Waals surface area contributed by atoms with Crippen molar-refractivity contribution in [3.05, 3.63) is 59.7 Å². The van der Waals surface area contributed by atoms with E-state index in [0.717, 1.165) is 50.5 Å². The Balaban J connectivity index is 2.01. The lowest BCUT2D eigenvalue weighted by Gasteiger charge is -2.36. The molecule has 0 bridgehead atoms. The van der Waals surface area contributed by atoms with E-state index in [1.54, 1.807) is 49.9 Å². The van der Waals surface area contributed by atoms with Crippen LogP contribution < -0.4 is 10.6 Å². The normalized spacial score (nSPS) is 15.3. The fourth-order valence-corrected chi connectivity index (χ4v) is 5.27. The summed E-state index contributed by atoms with van der Waals surface area (Å²) < 4.78 is 5.49. The van der Waals surface area contributed by atoms with Crippen LogP contribution in [0.4, 0.5) is 4.79 Å². The SMILES string of the molecule is CCCCCN(C(=O)C(Cc1ccc(O)cc1)NC(=O)OC(C)(C)C)C(C(=O)NC1CCCCC1)c1ccc(O)cc1. The molecule has 0 aromatic heterocycles. The molecule has 42 heavy (non-hydrogen) atoms. The molecule has 1 fully saturated rings. The molecular formula is C33H47N3O6. The molecule has 2 atom stereocenters. The number of nitrogens with zero attached hydrogens (tertiary/aromatic N) is 1. The van der Waals surface area contributed by atoms with Gasteiger partial charge in [0, 0.05) is 19.0 Å². The Morgan fingerprint density at radius 2 is 1.52 bits per heavy atom. The summed E-state index contributed by atoms with van der Waals surface area (Å²) in [5, 5.41) is 25.7. The van der Waals surface area contributed by atoms with Gasteiger partial charge in [-0.1, -0.05) is 63.3 Å². The number of benzene rings is 2. The number of nitrogens with one attached hydrogen (secondary N) is 2. The molecule has 230 valence electrons. The number of amides is 3. The number of alkyl carbamates (subject to hydrolysis) is 1. The number of carbonyl (C=O) groups is 3. The molecule has 0 heterocycles. The third-order valence-corrected chi connectivity index (χ3v) is 7.37. The van der Waals surface area contributed by atoms with Crippen LogP contribution in [0.2, 0.25) is 0 Å². The Bertz CT molecular complexity index is 1150. The first-order chi connectivity index (χ1) is 20.0. The third-order valence-electron chi connectivity index (χ3n) is 7.37. The summed E-state index contributed by atoms with van der Waals surface area (Å²) in [5.74, 6) is -0.541. The standard InChI is InChI=1S/C33H47N3O6/c1-5-6-10-21-36(29(24-15-19-27(38)20-16-24)30(39)34-25-11-8-7-9-12-25)31(40)28(35-32(41)42-33(2,3)4)22-23-13-17-26(37)18-14-23/h13-20,25,28-29,37-38H,5-12,21-22H2,1-4H3,(H,34,39)(H,35,41). The first kappa shape index (κ1) is 32.8. The van der Waals surface area contributed by atoms with Crippen molar-refractivity contribution >= 4 is 17.9 Å². The van der Waals surface area contributed by atoms with Gasteiger partial charge in [-0.15, -0.1) is 0 Å². The molecule has 9 nitrogen and oxygen atoms in total. The molecule has 2 aromatic carbocycles. The molecule has 0 aliphatic heterocycles.